The molecular weight excluding hydrogens is 480 g/mol. The van der Waals surface area contributed by atoms with Crippen molar-refractivity contribution in [1.82, 2.24) is 9.97 Å². The Morgan fingerprint density at radius 1 is 1.10 bits per heavy atom. The number of nitrogens with one attached hydrogen (secondary N) is 2. The zero-order valence-corrected chi connectivity index (χ0v) is 18.2. The highest BCUT2D eigenvalue weighted by Gasteiger charge is 2.31. The van der Waals surface area contributed by atoms with E-state index in [-0.39, 0.29) is 11.8 Å². The number of hydrogen-bond donors (Lipinski definition) is 2. The Bertz CT molecular complexity index is 1060. The second-order valence-electron chi connectivity index (χ2n) is 6.74. The van der Waals surface area contributed by atoms with Gasteiger partial charge in [-0.3, -0.25) is 0 Å². The first kappa shape index (κ1) is 22.8. The number of nitrogens with zero attached hydrogens (tertiary/aromatic N) is 2. The predicted molar refractivity (Wildman–Crippen MR) is 115 cm³/mol. The number of aromatic nitrogens is 2. The van der Waals surface area contributed by atoms with Gasteiger partial charge in [-0.05, 0) is 59.6 Å². The molecule has 0 amide bonds. The van der Waals surface area contributed by atoms with Gasteiger partial charge < -0.3 is 15.4 Å². The van der Waals surface area contributed by atoms with Gasteiger partial charge in [0.25, 0.3) is 0 Å². The molecule has 31 heavy (non-hydrogen) atoms. The summed E-state index contributed by atoms with van der Waals surface area (Å²) in [7, 11) is 0. The van der Waals surface area contributed by atoms with Gasteiger partial charge in [-0.15, -0.1) is 13.2 Å². The summed E-state index contributed by atoms with van der Waals surface area (Å²) in [6, 6.07) is 11.3. The average molecular weight is 499 g/mol. The molecule has 0 bridgehead atoms. The van der Waals surface area contributed by atoms with Gasteiger partial charge in [-0.2, -0.15) is 4.98 Å². The van der Waals surface area contributed by atoms with Crippen LogP contribution in [0.2, 0.25) is 0 Å². The molecule has 0 aliphatic carbocycles. The van der Waals surface area contributed by atoms with Gasteiger partial charge >= 0.3 is 6.36 Å². The molecule has 0 saturated carbocycles. The van der Waals surface area contributed by atoms with Crippen LogP contribution in [0.5, 0.6) is 5.75 Å². The van der Waals surface area contributed by atoms with Crippen molar-refractivity contribution in [2.45, 2.75) is 32.7 Å². The molecular formula is C21H19BrF4N4O. The first-order valence-electron chi connectivity index (χ1n) is 9.37. The molecule has 0 unspecified atom stereocenters. The summed E-state index contributed by atoms with van der Waals surface area (Å²) in [6.45, 7) is 3.95. The highest BCUT2D eigenvalue weighted by molar-refractivity contribution is 9.10. The summed E-state index contributed by atoms with van der Waals surface area (Å²) < 4.78 is 55.7. The highest BCUT2D eigenvalue weighted by Crippen LogP contribution is 2.31. The van der Waals surface area contributed by atoms with E-state index in [4.69, 9.17) is 0 Å². The molecule has 1 atom stereocenters. The fraction of sp³-hybridized carbons (Fsp3) is 0.238. The van der Waals surface area contributed by atoms with E-state index in [0.717, 1.165) is 6.42 Å². The van der Waals surface area contributed by atoms with Gasteiger partial charge in [0.05, 0.1) is 11.4 Å². The molecule has 0 radical (unpaired) electrons. The van der Waals surface area contributed by atoms with Crippen LogP contribution >= 0.6 is 15.9 Å². The normalized spacial score (nSPS) is 12.4. The molecule has 3 aromatic rings. The van der Waals surface area contributed by atoms with Crippen LogP contribution in [0, 0.1) is 5.82 Å². The number of benzene rings is 2. The maximum Gasteiger partial charge on any atom is 0.573 e. The molecule has 164 valence electrons. The molecule has 3 rings (SSSR count). The van der Waals surface area contributed by atoms with Crippen LogP contribution in [0.1, 0.15) is 20.3 Å². The molecule has 0 aliphatic heterocycles. The third kappa shape index (κ3) is 6.55. The van der Waals surface area contributed by atoms with Gasteiger partial charge in [0.2, 0.25) is 5.95 Å². The lowest BCUT2D eigenvalue weighted by molar-refractivity contribution is -0.274. The molecule has 0 spiro atoms. The molecule has 2 aromatic carbocycles. The zero-order chi connectivity index (χ0) is 22.6. The van der Waals surface area contributed by atoms with E-state index < -0.39 is 12.2 Å². The van der Waals surface area contributed by atoms with Crippen molar-refractivity contribution in [3.8, 4) is 17.0 Å². The van der Waals surface area contributed by atoms with Crippen LogP contribution in [0.25, 0.3) is 11.3 Å². The van der Waals surface area contributed by atoms with Crippen molar-refractivity contribution >= 4 is 33.4 Å². The van der Waals surface area contributed by atoms with Crippen molar-refractivity contribution in [3.63, 3.8) is 0 Å². The Kier molecular flexibility index (Phi) is 6.99. The van der Waals surface area contributed by atoms with E-state index in [1.807, 2.05) is 13.8 Å². The third-order valence-electron chi connectivity index (χ3n) is 4.27. The second kappa shape index (κ2) is 9.51. The summed E-state index contributed by atoms with van der Waals surface area (Å²) in [4.78, 5) is 8.86. The van der Waals surface area contributed by atoms with Gasteiger partial charge in [-0.1, -0.05) is 19.1 Å². The Hall–Kier alpha value is -2.88. The largest absolute Gasteiger partial charge is 0.573 e. The summed E-state index contributed by atoms with van der Waals surface area (Å²) >= 11 is 3.29. The molecule has 0 aliphatic rings. The minimum absolute atomic E-state index is 0.0700. The average Bonchev–Trinajstić information content (AvgIpc) is 2.69. The smallest absolute Gasteiger partial charge is 0.406 e. The minimum Gasteiger partial charge on any atom is -0.406 e. The topological polar surface area (TPSA) is 59.1 Å². The number of anilines is 3. The monoisotopic (exact) mass is 498 g/mol. The van der Waals surface area contributed by atoms with E-state index in [9.17, 15) is 17.6 Å². The van der Waals surface area contributed by atoms with E-state index in [2.05, 4.69) is 41.3 Å². The van der Waals surface area contributed by atoms with Crippen LogP contribution in [0.3, 0.4) is 0 Å². The lowest BCUT2D eigenvalue weighted by Crippen LogP contribution is -2.17. The van der Waals surface area contributed by atoms with Crippen molar-refractivity contribution in [2.24, 2.45) is 0 Å². The lowest BCUT2D eigenvalue weighted by Gasteiger charge is -2.15. The van der Waals surface area contributed by atoms with Crippen LogP contribution in [0.4, 0.5) is 35.0 Å². The quantitative estimate of drug-likeness (QED) is 0.347. The Morgan fingerprint density at radius 2 is 1.87 bits per heavy atom. The number of ether oxygens (including phenoxy) is 1. The van der Waals surface area contributed by atoms with Crippen LogP contribution in [-0.4, -0.2) is 22.4 Å². The van der Waals surface area contributed by atoms with Crippen molar-refractivity contribution in [2.75, 3.05) is 10.6 Å². The summed E-state index contributed by atoms with van der Waals surface area (Å²) in [6.07, 6.45) is -3.98. The fourth-order valence-corrected chi connectivity index (χ4v) is 3.08. The van der Waals surface area contributed by atoms with Crippen LogP contribution in [0.15, 0.2) is 53.0 Å². The Morgan fingerprint density at radius 3 is 2.55 bits per heavy atom. The molecule has 0 fully saturated rings. The number of halogens is 5. The second-order valence-corrected chi connectivity index (χ2v) is 7.59. The third-order valence-corrected chi connectivity index (χ3v) is 4.93. The van der Waals surface area contributed by atoms with Crippen LogP contribution in [-0.2, 0) is 0 Å². The standard InChI is InChI=1S/C21H19BrF4N4O/c1-3-12(2)27-20-29-18(13-5-4-6-15(9-13)31-21(24,25)26)11-19(30-20)28-17-8-7-14(23)10-16(17)22/h4-12H,3H2,1-2H3,(H2,27,28,29,30)/t12-/m0/s1. The lowest BCUT2D eigenvalue weighted by atomic mass is 10.1. The van der Waals surface area contributed by atoms with Crippen molar-refractivity contribution in [3.05, 3.63) is 58.8 Å². The number of hydrogen-bond acceptors (Lipinski definition) is 5. The summed E-state index contributed by atoms with van der Waals surface area (Å²) in [5.41, 5.74) is 1.36. The molecule has 1 heterocycles. The molecule has 10 heteroatoms. The van der Waals surface area contributed by atoms with Crippen molar-refractivity contribution < 1.29 is 22.3 Å². The predicted octanol–water partition coefficient (Wildman–Crippen LogP) is 6.90. The van der Waals surface area contributed by atoms with Crippen molar-refractivity contribution in [1.29, 1.82) is 0 Å². The molecule has 5 nitrogen and oxygen atoms in total. The number of alkyl halides is 3. The highest BCUT2D eigenvalue weighted by atomic mass is 79.9. The van der Waals surface area contributed by atoms with E-state index in [1.165, 1.54) is 30.3 Å². The molecule has 1 aromatic heterocycles. The van der Waals surface area contributed by atoms with E-state index in [0.29, 0.717) is 33.2 Å². The molecule has 0 saturated heterocycles. The Balaban J connectivity index is 2.00. The van der Waals surface area contributed by atoms with Gasteiger partial charge in [0.15, 0.2) is 0 Å². The Labute approximate surface area is 185 Å². The first-order valence-corrected chi connectivity index (χ1v) is 10.2. The van der Waals surface area contributed by atoms with E-state index >= 15 is 0 Å². The molecule has 2 N–H and O–H groups in total. The zero-order valence-electron chi connectivity index (χ0n) is 16.6. The fourth-order valence-electron chi connectivity index (χ4n) is 2.63. The minimum atomic E-state index is -4.80. The van der Waals surface area contributed by atoms with Gasteiger partial charge in [0, 0.05) is 22.1 Å². The van der Waals surface area contributed by atoms with Crippen LogP contribution < -0.4 is 15.4 Å². The maximum absolute atomic E-state index is 13.4. The first-order chi connectivity index (χ1) is 14.6. The van der Waals surface area contributed by atoms with Gasteiger partial charge in [-0.25, -0.2) is 9.37 Å². The number of rotatable bonds is 7. The maximum atomic E-state index is 13.4. The summed E-state index contributed by atoms with van der Waals surface area (Å²) in [5, 5.41) is 6.24. The SMILES string of the molecule is CC[C@H](C)Nc1nc(Nc2ccc(F)cc2Br)cc(-c2cccc(OC(F)(F)F)c2)n1. The van der Waals surface area contributed by atoms with E-state index in [1.54, 1.807) is 18.2 Å². The summed E-state index contributed by atoms with van der Waals surface area (Å²) in [5.74, 6) is -0.0720. The van der Waals surface area contributed by atoms with Gasteiger partial charge in [0.1, 0.15) is 17.4 Å².